The number of amides is 1. The predicted molar refractivity (Wildman–Crippen MR) is 74.3 cm³/mol. The van der Waals surface area contributed by atoms with Crippen LogP contribution in [-0.4, -0.2) is 48.2 Å². The lowest BCUT2D eigenvalue weighted by molar-refractivity contribution is -0.137. The number of piperidine rings is 1. The van der Waals surface area contributed by atoms with Crippen LogP contribution in [0.4, 0.5) is 0 Å². The topological polar surface area (TPSA) is 66.8 Å². The van der Waals surface area contributed by atoms with Gasteiger partial charge in [0.2, 0.25) is 5.91 Å². The summed E-state index contributed by atoms with van der Waals surface area (Å²) in [7, 11) is 0. The van der Waals surface area contributed by atoms with Crippen LogP contribution in [0, 0.1) is 11.8 Å². The molecule has 0 aliphatic carbocycles. The Kier molecular flexibility index (Phi) is 5.83. The molecule has 0 aromatic rings. The van der Waals surface area contributed by atoms with Gasteiger partial charge in [0.1, 0.15) is 0 Å². The number of ether oxygens (including phenoxy) is 1. The van der Waals surface area contributed by atoms with Gasteiger partial charge in [-0.05, 0) is 43.9 Å². The van der Waals surface area contributed by atoms with Gasteiger partial charge in [0.05, 0.1) is 0 Å². The monoisotopic (exact) mass is 283 g/mol. The molecule has 1 N–H and O–H groups in total. The zero-order valence-corrected chi connectivity index (χ0v) is 12.1. The third-order valence-corrected chi connectivity index (χ3v) is 4.44. The second kappa shape index (κ2) is 7.62. The first-order valence-electron chi connectivity index (χ1n) is 7.72. The Hall–Kier alpha value is -1.10. The third-order valence-electron chi connectivity index (χ3n) is 4.44. The Bertz CT molecular complexity index is 339. The van der Waals surface area contributed by atoms with Gasteiger partial charge >= 0.3 is 5.97 Å². The summed E-state index contributed by atoms with van der Waals surface area (Å²) in [5.41, 5.74) is 0. The van der Waals surface area contributed by atoms with Crippen molar-refractivity contribution >= 4 is 11.9 Å². The number of carboxylic acids is 1. The van der Waals surface area contributed by atoms with Gasteiger partial charge in [-0.15, -0.1) is 0 Å². The Labute approximate surface area is 120 Å². The Morgan fingerprint density at radius 1 is 1.15 bits per heavy atom. The zero-order valence-electron chi connectivity index (χ0n) is 12.1. The highest BCUT2D eigenvalue weighted by Crippen LogP contribution is 2.24. The molecule has 2 fully saturated rings. The summed E-state index contributed by atoms with van der Waals surface area (Å²) in [6.07, 6.45) is 5.57. The van der Waals surface area contributed by atoms with Crippen LogP contribution in [0.5, 0.6) is 0 Å². The minimum atomic E-state index is -0.740. The largest absolute Gasteiger partial charge is 0.481 e. The fourth-order valence-electron chi connectivity index (χ4n) is 3.18. The lowest BCUT2D eigenvalue weighted by Crippen LogP contribution is -2.41. The maximum Gasteiger partial charge on any atom is 0.303 e. The van der Waals surface area contributed by atoms with Crippen LogP contribution in [0.2, 0.25) is 0 Å². The maximum absolute atomic E-state index is 12.3. The van der Waals surface area contributed by atoms with Gasteiger partial charge in [0.15, 0.2) is 0 Å². The molecule has 5 heteroatoms. The molecule has 114 valence electrons. The van der Waals surface area contributed by atoms with Crippen LogP contribution in [0.25, 0.3) is 0 Å². The lowest BCUT2D eigenvalue weighted by atomic mass is 9.91. The van der Waals surface area contributed by atoms with E-state index in [2.05, 4.69) is 0 Å². The molecule has 0 aromatic carbocycles. The molecular formula is C15H25NO4. The average Bonchev–Trinajstić information content (AvgIpc) is 2.46. The molecule has 2 aliphatic rings. The fraction of sp³-hybridized carbons (Fsp3) is 0.867. The minimum absolute atomic E-state index is 0.215. The predicted octanol–water partition coefficient (Wildman–Crippen LogP) is 1.91. The summed E-state index contributed by atoms with van der Waals surface area (Å²) in [6, 6.07) is 0. The average molecular weight is 283 g/mol. The smallest absolute Gasteiger partial charge is 0.303 e. The molecule has 0 bridgehead atoms. The number of carboxylic acid groups (broad SMARTS) is 1. The van der Waals surface area contributed by atoms with Crippen LogP contribution in [0.1, 0.15) is 44.9 Å². The lowest BCUT2D eigenvalue weighted by Gasteiger charge is -2.34. The summed E-state index contributed by atoms with van der Waals surface area (Å²) >= 11 is 0. The molecule has 20 heavy (non-hydrogen) atoms. The van der Waals surface area contributed by atoms with Gasteiger partial charge < -0.3 is 14.7 Å². The van der Waals surface area contributed by atoms with Crippen molar-refractivity contribution in [2.45, 2.75) is 44.9 Å². The highest BCUT2D eigenvalue weighted by atomic mass is 16.5. The van der Waals surface area contributed by atoms with Gasteiger partial charge in [-0.1, -0.05) is 0 Å². The summed E-state index contributed by atoms with van der Waals surface area (Å²) in [4.78, 5) is 24.9. The molecule has 2 saturated heterocycles. The van der Waals surface area contributed by atoms with E-state index in [0.29, 0.717) is 24.7 Å². The van der Waals surface area contributed by atoms with E-state index in [4.69, 9.17) is 9.84 Å². The summed E-state index contributed by atoms with van der Waals surface area (Å²) in [5, 5.41) is 8.74. The second-order valence-electron chi connectivity index (χ2n) is 6.04. The first-order chi connectivity index (χ1) is 9.65. The van der Waals surface area contributed by atoms with Crippen molar-refractivity contribution in [1.29, 1.82) is 0 Å². The molecule has 0 spiro atoms. The van der Waals surface area contributed by atoms with E-state index in [1.54, 1.807) is 0 Å². The van der Waals surface area contributed by atoms with E-state index in [0.717, 1.165) is 52.0 Å². The fourth-order valence-corrected chi connectivity index (χ4v) is 3.18. The number of rotatable bonds is 5. The molecule has 1 amide bonds. The molecule has 0 aromatic heterocycles. The van der Waals surface area contributed by atoms with Crippen LogP contribution < -0.4 is 0 Å². The molecule has 1 unspecified atom stereocenters. The number of carbonyl (C=O) groups excluding carboxylic acids is 1. The Morgan fingerprint density at radius 2 is 1.90 bits per heavy atom. The van der Waals surface area contributed by atoms with Gasteiger partial charge in [-0.3, -0.25) is 9.59 Å². The van der Waals surface area contributed by atoms with Crippen LogP contribution >= 0.6 is 0 Å². The SMILES string of the molecule is O=C(O)CCC1CCCN(C(=O)CC2CCOCC2)C1. The normalized spacial score (nSPS) is 24.6. The molecule has 2 aliphatic heterocycles. The number of hydrogen-bond acceptors (Lipinski definition) is 3. The quantitative estimate of drug-likeness (QED) is 0.837. The molecule has 5 nitrogen and oxygen atoms in total. The number of hydrogen-bond donors (Lipinski definition) is 1. The van der Waals surface area contributed by atoms with Crippen molar-refractivity contribution in [3.63, 3.8) is 0 Å². The van der Waals surface area contributed by atoms with E-state index in [-0.39, 0.29) is 12.3 Å². The van der Waals surface area contributed by atoms with Gasteiger partial charge in [0.25, 0.3) is 0 Å². The number of likely N-dealkylation sites (tertiary alicyclic amines) is 1. The second-order valence-corrected chi connectivity index (χ2v) is 6.04. The van der Waals surface area contributed by atoms with E-state index in [1.807, 2.05) is 4.90 Å². The first kappa shape index (κ1) is 15.3. The Balaban J connectivity index is 1.75. The standard InChI is InChI=1S/C15H25NO4/c17-14(10-12-5-8-20-9-6-12)16-7-1-2-13(11-16)3-4-15(18)19/h12-13H,1-11H2,(H,18,19). The summed E-state index contributed by atoms with van der Waals surface area (Å²) < 4.78 is 5.32. The maximum atomic E-state index is 12.3. The van der Waals surface area contributed by atoms with Gasteiger partial charge in [-0.2, -0.15) is 0 Å². The Morgan fingerprint density at radius 3 is 2.60 bits per heavy atom. The highest BCUT2D eigenvalue weighted by molar-refractivity contribution is 5.76. The van der Waals surface area contributed by atoms with Crippen LogP contribution in [0.15, 0.2) is 0 Å². The van der Waals surface area contributed by atoms with Crippen molar-refractivity contribution in [3.05, 3.63) is 0 Å². The summed E-state index contributed by atoms with van der Waals surface area (Å²) in [5.74, 6) is 0.335. The van der Waals surface area contributed by atoms with Crippen LogP contribution in [-0.2, 0) is 14.3 Å². The van der Waals surface area contributed by atoms with E-state index in [9.17, 15) is 9.59 Å². The van der Waals surface area contributed by atoms with Gasteiger partial charge in [-0.25, -0.2) is 0 Å². The molecule has 2 heterocycles. The number of carbonyl (C=O) groups is 2. The molecule has 2 rings (SSSR count). The van der Waals surface area contributed by atoms with Crippen molar-refractivity contribution in [2.75, 3.05) is 26.3 Å². The molecule has 0 radical (unpaired) electrons. The summed E-state index contributed by atoms with van der Waals surface area (Å²) in [6.45, 7) is 3.14. The molecule has 1 atom stereocenters. The first-order valence-corrected chi connectivity index (χ1v) is 7.72. The molecule has 0 saturated carbocycles. The molecular weight excluding hydrogens is 258 g/mol. The number of nitrogens with zero attached hydrogens (tertiary/aromatic N) is 1. The third kappa shape index (κ3) is 4.78. The van der Waals surface area contributed by atoms with Crippen molar-refractivity contribution in [1.82, 2.24) is 4.90 Å². The van der Waals surface area contributed by atoms with E-state index in [1.165, 1.54) is 0 Å². The van der Waals surface area contributed by atoms with Crippen molar-refractivity contribution in [3.8, 4) is 0 Å². The number of aliphatic carboxylic acids is 1. The van der Waals surface area contributed by atoms with Crippen molar-refractivity contribution < 1.29 is 19.4 Å². The van der Waals surface area contributed by atoms with Gasteiger partial charge in [0, 0.05) is 39.1 Å². The zero-order chi connectivity index (χ0) is 14.4. The highest BCUT2D eigenvalue weighted by Gasteiger charge is 2.26. The van der Waals surface area contributed by atoms with E-state index < -0.39 is 5.97 Å². The van der Waals surface area contributed by atoms with E-state index >= 15 is 0 Å². The van der Waals surface area contributed by atoms with Crippen molar-refractivity contribution in [2.24, 2.45) is 11.8 Å². The minimum Gasteiger partial charge on any atom is -0.481 e. The van der Waals surface area contributed by atoms with Crippen LogP contribution in [0.3, 0.4) is 0 Å².